The average Bonchev–Trinajstić information content (AvgIpc) is 2.14. The van der Waals surface area contributed by atoms with Crippen LogP contribution in [-0.4, -0.2) is 17.5 Å². The first-order valence-electron chi connectivity index (χ1n) is 3.41. The Morgan fingerprint density at radius 3 is 2.75 bits per heavy atom. The molecule has 48 valence electrons. The van der Waals surface area contributed by atoms with Gasteiger partial charge in [0.2, 0.25) is 0 Å². The van der Waals surface area contributed by atoms with Crippen LogP contribution >= 0.6 is 0 Å². The fourth-order valence-corrected chi connectivity index (χ4v) is 1.36. The molecule has 0 aromatic rings. The van der Waals surface area contributed by atoms with E-state index in [-0.39, 0.29) is 0 Å². The van der Waals surface area contributed by atoms with Crippen LogP contribution in [-0.2, 0) is 0 Å². The van der Waals surface area contributed by atoms with Crippen molar-refractivity contribution in [1.82, 2.24) is 4.90 Å². The van der Waals surface area contributed by atoms with Crippen LogP contribution in [0.2, 0.25) is 0 Å². The summed E-state index contributed by atoms with van der Waals surface area (Å²) in [7, 11) is 3.92. The average molecular weight is 112 g/mol. The molecule has 0 spiro atoms. The maximum Gasteiger partial charge on any atom is -0.0187 e. The fraction of sp³-hybridized carbons (Fsp3) is 0.857. The lowest BCUT2D eigenvalue weighted by molar-refractivity contribution is 0.336. The van der Waals surface area contributed by atoms with Crippen LogP contribution in [0.5, 0.6) is 0 Å². The van der Waals surface area contributed by atoms with E-state index in [4.69, 9.17) is 0 Å². The molecule has 0 aromatic carbocycles. The Balaban J connectivity index is 2.30. The van der Waals surface area contributed by atoms with Crippen molar-refractivity contribution in [1.29, 1.82) is 0 Å². The van der Waals surface area contributed by atoms with E-state index >= 15 is 0 Å². The fourth-order valence-electron chi connectivity index (χ4n) is 1.36. The predicted molar refractivity (Wildman–Crippen MR) is 35.4 cm³/mol. The van der Waals surface area contributed by atoms with Gasteiger partial charge >= 0.3 is 0 Å². The van der Waals surface area contributed by atoms with Crippen LogP contribution in [0.15, 0.2) is 0 Å². The van der Waals surface area contributed by atoms with Crippen molar-refractivity contribution in [3.8, 4) is 0 Å². The van der Waals surface area contributed by atoms with Gasteiger partial charge in [-0.3, -0.25) is 7.05 Å². The lowest BCUT2D eigenvalue weighted by atomic mass is 10.2. The molecule has 0 radical (unpaired) electrons. The molecule has 1 rings (SSSR count). The summed E-state index contributed by atoms with van der Waals surface area (Å²) in [6, 6.07) is 0.787. The number of rotatable bonds is 1. The Morgan fingerprint density at radius 2 is 2.50 bits per heavy atom. The van der Waals surface area contributed by atoms with Crippen molar-refractivity contribution < 1.29 is 0 Å². The molecule has 0 unspecified atom stereocenters. The summed E-state index contributed by atoms with van der Waals surface area (Å²) < 4.78 is 0. The Bertz CT molecular complexity index is 70.8. The molecule has 1 aliphatic heterocycles. The van der Waals surface area contributed by atoms with Crippen LogP contribution in [0.1, 0.15) is 26.2 Å². The summed E-state index contributed by atoms with van der Waals surface area (Å²) in [5.74, 6) is 0. The summed E-state index contributed by atoms with van der Waals surface area (Å²) in [5, 5.41) is 0. The largest absolute Gasteiger partial charge is 0.457 e. The molecule has 1 fully saturated rings. The van der Waals surface area contributed by atoms with E-state index in [9.17, 15) is 0 Å². The van der Waals surface area contributed by atoms with E-state index < -0.39 is 0 Å². The topological polar surface area (TPSA) is 3.24 Å². The van der Waals surface area contributed by atoms with Gasteiger partial charge in [-0.1, -0.05) is 6.92 Å². The number of hydrogen-bond donors (Lipinski definition) is 0. The molecule has 0 N–H and O–H groups in total. The van der Waals surface area contributed by atoms with Gasteiger partial charge in [-0.2, -0.15) is 0 Å². The molecular weight excluding hydrogens is 98.1 g/mol. The minimum atomic E-state index is 0.787. The standard InChI is InChI=1S/C7H14N/c1-3-7-5-4-6-8(7)2/h7H,2-6H2,1H3/q-1/t7-/m1/s1. The zero-order valence-corrected chi connectivity index (χ0v) is 5.56. The third kappa shape index (κ3) is 1.03. The first-order chi connectivity index (χ1) is 3.84. The van der Waals surface area contributed by atoms with E-state index in [1.54, 1.807) is 0 Å². The van der Waals surface area contributed by atoms with Gasteiger partial charge in [0, 0.05) is 0 Å². The summed E-state index contributed by atoms with van der Waals surface area (Å²) in [5.41, 5.74) is 0. The zero-order valence-electron chi connectivity index (χ0n) is 5.56. The van der Waals surface area contributed by atoms with Gasteiger partial charge in [-0.15, -0.1) is 0 Å². The Morgan fingerprint density at radius 1 is 1.75 bits per heavy atom. The molecule has 1 nitrogen and oxygen atoms in total. The third-order valence-corrected chi connectivity index (χ3v) is 1.97. The van der Waals surface area contributed by atoms with Crippen molar-refractivity contribution in [2.75, 3.05) is 6.54 Å². The second kappa shape index (κ2) is 2.49. The highest BCUT2D eigenvalue weighted by Crippen LogP contribution is 2.17. The molecule has 1 saturated heterocycles. The molecule has 0 aliphatic carbocycles. The molecule has 1 heterocycles. The Labute approximate surface area is 51.7 Å². The minimum Gasteiger partial charge on any atom is -0.457 e. The normalized spacial score (nSPS) is 31.5. The predicted octanol–water partition coefficient (Wildman–Crippen LogP) is 1.65. The maximum atomic E-state index is 3.92. The third-order valence-electron chi connectivity index (χ3n) is 1.97. The maximum absolute atomic E-state index is 3.92. The minimum absolute atomic E-state index is 0.787. The summed E-state index contributed by atoms with van der Waals surface area (Å²) in [4.78, 5) is 2.21. The van der Waals surface area contributed by atoms with Crippen LogP contribution in [0.25, 0.3) is 0 Å². The SMILES string of the molecule is [CH2-]N1CCC[C@H]1CC. The first-order valence-corrected chi connectivity index (χ1v) is 3.41. The van der Waals surface area contributed by atoms with E-state index in [0.717, 1.165) is 6.04 Å². The van der Waals surface area contributed by atoms with E-state index in [0.29, 0.717) is 0 Å². The molecule has 1 atom stereocenters. The van der Waals surface area contributed by atoms with Gasteiger partial charge in [0.15, 0.2) is 0 Å². The monoisotopic (exact) mass is 112 g/mol. The molecule has 1 heteroatoms. The first kappa shape index (κ1) is 6.09. The van der Waals surface area contributed by atoms with Gasteiger partial charge in [0.05, 0.1) is 0 Å². The van der Waals surface area contributed by atoms with Gasteiger partial charge in [0.25, 0.3) is 0 Å². The van der Waals surface area contributed by atoms with Gasteiger partial charge in [-0.25, -0.2) is 0 Å². The van der Waals surface area contributed by atoms with E-state index in [1.165, 1.54) is 25.8 Å². The van der Waals surface area contributed by atoms with Crippen LogP contribution in [0.3, 0.4) is 0 Å². The van der Waals surface area contributed by atoms with Crippen molar-refractivity contribution in [2.45, 2.75) is 32.2 Å². The van der Waals surface area contributed by atoms with Crippen LogP contribution < -0.4 is 0 Å². The number of hydrogen-bond acceptors (Lipinski definition) is 1. The van der Waals surface area contributed by atoms with Gasteiger partial charge in [-0.05, 0) is 31.8 Å². The molecule has 0 amide bonds. The second-order valence-corrected chi connectivity index (χ2v) is 2.52. The number of nitrogens with zero attached hydrogens (tertiary/aromatic N) is 1. The Kier molecular flexibility index (Phi) is 1.90. The Hall–Kier alpha value is -0.0400. The molecule has 8 heavy (non-hydrogen) atoms. The van der Waals surface area contributed by atoms with Gasteiger partial charge < -0.3 is 4.90 Å². The second-order valence-electron chi connectivity index (χ2n) is 2.52. The summed E-state index contributed by atoms with van der Waals surface area (Å²) in [6.45, 7) is 3.44. The van der Waals surface area contributed by atoms with Crippen LogP contribution in [0.4, 0.5) is 0 Å². The summed E-state index contributed by atoms with van der Waals surface area (Å²) in [6.07, 6.45) is 3.98. The van der Waals surface area contributed by atoms with Crippen molar-refractivity contribution in [3.05, 3.63) is 7.05 Å². The lowest BCUT2D eigenvalue weighted by Gasteiger charge is -2.25. The van der Waals surface area contributed by atoms with Crippen molar-refractivity contribution in [3.63, 3.8) is 0 Å². The highest BCUT2D eigenvalue weighted by Gasteiger charge is 2.12. The highest BCUT2D eigenvalue weighted by atomic mass is 15.1. The highest BCUT2D eigenvalue weighted by molar-refractivity contribution is 4.76. The quantitative estimate of drug-likeness (QED) is 0.466. The lowest BCUT2D eigenvalue weighted by Crippen LogP contribution is -2.21. The molecule has 0 bridgehead atoms. The molecule has 0 aromatic heterocycles. The smallest absolute Gasteiger partial charge is 0.0187 e. The van der Waals surface area contributed by atoms with Gasteiger partial charge in [0.1, 0.15) is 0 Å². The van der Waals surface area contributed by atoms with Crippen molar-refractivity contribution in [2.24, 2.45) is 0 Å². The van der Waals surface area contributed by atoms with Crippen LogP contribution in [0, 0.1) is 7.05 Å². The molecule has 1 aliphatic rings. The summed E-state index contributed by atoms with van der Waals surface area (Å²) >= 11 is 0. The number of likely N-dealkylation sites (tertiary alicyclic amines) is 1. The zero-order chi connectivity index (χ0) is 5.98. The molecular formula is C7H14N-. The van der Waals surface area contributed by atoms with Crippen molar-refractivity contribution >= 4 is 0 Å². The van der Waals surface area contributed by atoms with E-state index in [1.807, 2.05) is 0 Å². The molecule has 0 saturated carbocycles. The van der Waals surface area contributed by atoms with E-state index in [2.05, 4.69) is 18.9 Å².